The highest BCUT2D eigenvalue weighted by molar-refractivity contribution is 5.70. The van der Waals surface area contributed by atoms with Gasteiger partial charge >= 0.3 is 5.97 Å². The van der Waals surface area contributed by atoms with Gasteiger partial charge in [-0.1, -0.05) is 13.8 Å². The summed E-state index contributed by atoms with van der Waals surface area (Å²) < 4.78 is 0. The molecule has 68 valence electrons. The van der Waals surface area contributed by atoms with Gasteiger partial charge in [0, 0.05) is 6.42 Å². The molecule has 0 spiro atoms. The number of nitriles is 1. The second kappa shape index (κ2) is 4.73. The van der Waals surface area contributed by atoms with Crippen molar-refractivity contribution in [3.63, 3.8) is 0 Å². The molecular formula is C8H13NO3. The Morgan fingerprint density at radius 2 is 2.08 bits per heavy atom. The van der Waals surface area contributed by atoms with Gasteiger partial charge in [-0.25, -0.2) is 0 Å². The molecule has 4 heteroatoms. The highest BCUT2D eigenvalue weighted by Crippen LogP contribution is 2.17. The minimum atomic E-state index is -1.17. The van der Waals surface area contributed by atoms with E-state index < -0.39 is 18.0 Å². The minimum absolute atomic E-state index is 0.00347. The van der Waals surface area contributed by atoms with Crippen LogP contribution in [-0.4, -0.2) is 22.3 Å². The van der Waals surface area contributed by atoms with Gasteiger partial charge in [0.05, 0.1) is 12.0 Å². The standard InChI is InChI=1S/C8H13NO3/c1-5(2)7(8(11)12)3-6(10)4-9/h5-7,10H,3H2,1-2H3,(H,11,12)/t6-,7-/m0/s1. The average molecular weight is 171 g/mol. The summed E-state index contributed by atoms with van der Waals surface area (Å²) in [7, 11) is 0. The number of nitrogens with zero attached hydrogens (tertiary/aromatic N) is 1. The maximum Gasteiger partial charge on any atom is 0.306 e. The van der Waals surface area contributed by atoms with Gasteiger partial charge in [-0.15, -0.1) is 0 Å². The number of aliphatic carboxylic acids is 1. The summed E-state index contributed by atoms with van der Waals surface area (Å²) in [5.41, 5.74) is 0. The highest BCUT2D eigenvalue weighted by atomic mass is 16.4. The molecule has 0 heterocycles. The predicted molar refractivity (Wildman–Crippen MR) is 42.2 cm³/mol. The van der Waals surface area contributed by atoms with Gasteiger partial charge in [0.25, 0.3) is 0 Å². The van der Waals surface area contributed by atoms with E-state index in [0.717, 1.165) is 0 Å². The van der Waals surface area contributed by atoms with Crippen LogP contribution >= 0.6 is 0 Å². The van der Waals surface area contributed by atoms with Crippen molar-refractivity contribution in [3.05, 3.63) is 0 Å². The largest absolute Gasteiger partial charge is 0.481 e. The molecule has 12 heavy (non-hydrogen) atoms. The molecule has 0 fully saturated rings. The Morgan fingerprint density at radius 3 is 2.33 bits per heavy atom. The summed E-state index contributed by atoms with van der Waals surface area (Å²) >= 11 is 0. The van der Waals surface area contributed by atoms with Crippen molar-refractivity contribution in [1.82, 2.24) is 0 Å². The molecule has 0 rings (SSSR count). The number of carboxylic acid groups (broad SMARTS) is 1. The number of aliphatic hydroxyl groups is 1. The number of hydrogen-bond acceptors (Lipinski definition) is 3. The summed E-state index contributed by atoms with van der Waals surface area (Å²) in [6.07, 6.45) is -1.17. The average Bonchev–Trinajstić information content (AvgIpc) is 1.98. The first-order valence-electron chi connectivity index (χ1n) is 3.79. The molecule has 0 aliphatic rings. The Morgan fingerprint density at radius 1 is 1.58 bits per heavy atom. The number of hydrogen-bond donors (Lipinski definition) is 2. The van der Waals surface area contributed by atoms with Gasteiger partial charge in [-0.3, -0.25) is 4.79 Å². The van der Waals surface area contributed by atoms with Gasteiger partial charge in [-0.2, -0.15) is 5.26 Å². The molecule has 0 aromatic rings. The third-order valence-electron chi connectivity index (χ3n) is 1.75. The first-order valence-corrected chi connectivity index (χ1v) is 3.79. The molecule has 2 atom stereocenters. The van der Waals surface area contributed by atoms with Crippen LogP contribution in [0.1, 0.15) is 20.3 Å². The van der Waals surface area contributed by atoms with Crippen molar-refractivity contribution < 1.29 is 15.0 Å². The molecule has 0 unspecified atom stereocenters. The zero-order chi connectivity index (χ0) is 9.72. The Hall–Kier alpha value is -1.08. The van der Waals surface area contributed by atoms with Crippen molar-refractivity contribution in [2.24, 2.45) is 11.8 Å². The Balaban J connectivity index is 4.16. The first kappa shape index (κ1) is 10.9. The number of carbonyl (C=O) groups is 1. The monoisotopic (exact) mass is 171 g/mol. The van der Waals surface area contributed by atoms with E-state index in [4.69, 9.17) is 15.5 Å². The molecule has 0 aliphatic carbocycles. The molecule has 0 aromatic carbocycles. The lowest BCUT2D eigenvalue weighted by molar-refractivity contribution is -0.144. The molecule has 0 saturated carbocycles. The van der Waals surface area contributed by atoms with E-state index in [1.807, 2.05) is 0 Å². The zero-order valence-electron chi connectivity index (χ0n) is 7.19. The summed E-state index contributed by atoms with van der Waals surface area (Å²) in [6, 6.07) is 1.60. The highest BCUT2D eigenvalue weighted by Gasteiger charge is 2.24. The van der Waals surface area contributed by atoms with Crippen molar-refractivity contribution in [1.29, 1.82) is 5.26 Å². The maximum absolute atomic E-state index is 10.6. The molecule has 0 amide bonds. The van der Waals surface area contributed by atoms with E-state index in [1.54, 1.807) is 19.9 Å². The van der Waals surface area contributed by atoms with Crippen LogP contribution in [0.2, 0.25) is 0 Å². The lowest BCUT2D eigenvalue weighted by Crippen LogP contribution is -2.24. The maximum atomic E-state index is 10.6. The zero-order valence-corrected chi connectivity index (χ0v) is 7.19. The van der Waals surface area contributed by atoms with E-state index >= 15 is 0 Å². The van der Waals surface area contributed by atoms with E-state index in [2.05, 4.69) is 0 Å². The topological polar surface area (TPSA) is 81.3 Å². The van der Waals surface area contributed by atoms with E-state index in [9.17, 15) is 4.79 Å². The molecule has 0 aromatic heterocycles. The van der Waals surface area contributed by atoms with Crippen LogP contribution in [0, 0.1) is 23.2 Å². The van der Waals surface area contributed by atoms with E-state index in [1.165, 1.54) is 0 Å². The molecule has 4 nitrogen and oxygen atoms in total. The first-order chi connectivity index (χ1) is 5.49. The minimum Gasteiger partial charge on any atom is -0.481 e. The van der Waals surface area contributed by atoms with Crippen LogP contribution in [0.25, 0.3) is 0 Å². The van der Waals surface area contributed by atoms with Crippen molar-refractivity contribution >= 4 is 5.97 Å². The van der Waals surface area contributed by atoms with E-state index in [-0.39, 0.29) is 12.3 Å². The molecule has 2 N–H and O–H groups in total. The number of carboxylic acids is 1. The molecule has 0 aliphatic heterocycles. The SMILES string of the molecule is CC(C)[C@H](C[C@H](O)C#N)C(=O)O. The molecule has 0 saturated heterocycles. The van der Waals surface area contributed by atoms with E-state index in [0.29, 0.717) is 0 Å². The van der Waals surface area contributed by atoms with Crippen LogP contribution in [-0.2, 0) is 4.79 Å². The summed E-state index contributed by atoms with van der Waals surface area (Å²) in [5.74, 6) is -1.66. The second-order valence-electron chi connectivity index (χ2n) is 3.07. The Kier molecular flexibility index (Phi) is 4.30. The normalized spacial score (nSPS) is 15.2. The summed E-state index contributed by atoms with van der Waals surface area (Å²) in [6.45, 7) is 3.51. The van der Waals surface area contributed by atoms with Crippen LogP contribution in [0.15, 0.2) is 0 Å². The molecular weight excluding hydrogens is 158 g/mol. The van der Waals surface area contributed by atoms with Crippen molar-refractivity contribution in [2.45, 2.75) is 26.4 Å². The van der Waals surface area contributed by atoms with Crippen LogP contribution in [0.4, 0.5) is 0 Å². The molecule has 0 bridgehead atoms. The smallest absolute Gasteiger partial charge is 0.306 e. The lowest BCUT2D eigenvalue weighted by Gasteiger charge is -2.15. The predicted octanol–water partition coefficient (Wildman–Crippen LogP) is 0.618. The quantitative estimate of drug-likeness (QED) is 0.607. The summed E-state index contributed by atoms with van der Waals surface area (Å²) in [4.78, 5) is 10.6. The van der Waals surface area contributed by atoms with Gasteiger partial charge in [0.15, 0.2) is 0 Å². The van der Waals surface area contributed by atoms with Crippen LogP contribution < -0.4 is 0 Å². The van der Waals surface area contributed by atoms with Gasteiger partial charge in [0.1, 0.15) is 6.10 Å². The van der Waals surface area contributed by atoms with Crippen LogP contribution in [0.5, 0.6) is 0 Å². The van der Waals surface area contributed by atoms with Crippen molar-refractivity contribution in [3.8, 4) is 6.07 Å². The third-order valence-corrected chi connectivity index (χ3v) is 1.75. The fourth-order valence-corrected chi connectivity index (χ4v) is 0.951. The lowest BCUT2D eigenvalue weighted by atomic mass is 9.91. The molecule has 0 radical (unpaired) electrons. The number of rotatable bonds is 4. The Labute approximate surface area is 71.4 Å². The van der Waals surface area contributed by atoms with Gasteiger partial charge < -0.3 is 10.2 Å². The summed E-state index contributed by atoms with van der Waals surface area (Å²) in [5, 5.41) is 25.8. The number of aliphatic hydroxyl groups excluding tert-OH is 1. The fraction of sp³-hybridized carbons (Fsp3) is 0.750. The van der Waals surface area contributed by atoms with Crippen LogP contribution in [0.3, 0.4) is 0 Å². The Bertz CT molecular complexity index is 195. The van der Waals surface area contributed by atoms with Crippen molar-refractivity contribution in [2.75, 3.05) is 0 Å². The van der Waals surface area contributed by atoms with Gasteiger partial charge in [-0.05, 0) is 5.92 Å². The second-order valence-corrected chi connectivity index (χ2v) is 3.07. The third kappa shape index (κ3) is 3.35. The van der Waals surface area contributed by atoms with Gasteiger partial charge in [0.2, 0.25) is 0 Å². The fourth-order valence-electron chi connectivity index (χ4n) is 0.951.